The van der Waals surface area contributed by atoms with Crippen molar-refractivity contribution >= 4 is 23.9 Å². The minimum atomic E-state index is -1.06. The van der Waals surface area contributed by atoms with Crippen LogP contribution < -0.4 is 10.6 Å². The summed E-state index contributed by atoms with van der Waals surface area (Å²) in [5.74, 6) is -1.49. The largest absolute Gasteiger partial charge is 0.468 e. The molecule has 0 spiro atoms. The second-order valence-electron chi connectivity index (χ2n) is 11.5. The number of alkyl carbamates (subject to hydrolysis) is 1. The molecule has 0 aromatic heterocycles. The van der Waals surface area contributed by atoms with Crippen molar-refractivity contribution < 1.29 is 28.7 Å². The average Bonchev–Trinajstić information content (AvgIpc) is 2.77. The van der Waals surface area contributed by atoms with Gasteiger partial charge in [0.05, 0.1) is 7.11 Å². The van der Waals surface area contributed by atoms with E-state index < -0.39 is 47.1 Å². The Morgan fingerprint density at radius 2 is 1.54 bits per heavy atom. The van der Waals surface area contributed by atoms with Crippen LogP contribution in [0.25, 0.3) is 0 Å². The van der Waals surface area contributed by atoms with Crippen LogP contribution in [0.4, 0.5) is 4.79 Å². The first-order chi connectivity index (χ1) is 17.0. The molecule has 0 saturated carbocycles. The standard InChI is InChI=1S/C28H45N3O6/c1-11-19-12-14-20(15-13-19)23(24(33)29-17-22(32)36-10)31(27(4,5)6)25(34)21(16-18(2)3)30-26(35)37-28(7,8)9/h12-15,18,21,23H,11,16-17H2,1-10H3,(H,29,33)(H,30,35). The van der Waals surface area contributed by atoms with Crippen molar-refractivity contribution in [2.45, 2.75) is 98.4 Å². The predicted octanol–water partition coefficient (Wildman–Crippen LogP) is 4.15. The second kappa shape index (κ2) is 13.4. The van der Waals surface area contributed by atoms with Crippen LogP contribution in [0, 0.1) is 5.92 Å². The third kappa shape index (κ3) is 10.4. The van der Waals surface area contributed by atoms with Gasteiger partial charge in [0.1, 0.15) is 24.2 Å². The summed E-state index contributed by atoms with van der Waals surface area (Å²) < 4.78 is 10.1. The van der Waals surface area contributed by atoms with Gasteiger partial charge in [0.25, 0.3) is 0 Å². The number of nitrogens with zero attached hydrogens (tertiary/aromatic N) is 1. The fourth-order valence-corrected chi connectivity index (χ4v) is 3.84. The van der Waals surface area contributed by atoms with E-state index >= 15 is 0 Å². The Labute approximate surface area is 221 Å². The highest BCUT2D eigenvalue weighted by Crippen LogP contribution is 2.31. The van der Waals surface area contributed by atoms with Gasteiger partial charge < -0.3 is 25.0 Å². The van der Waals surface area contributed by atoms with Crippen molar-refractivity contribution in [1.29, 1.82) is 0 Å². The number of hydrogen-bond donors (Lipinski definition) is 2. The SMILES string of the molecule is CCc1ccc(C(C(=O)NCC(=O)OC)N(C(=O)C(CC(C)C)NC(=O)OC(C)(C)C)C(C)(C)C)cc1. The zero-order chi connectivity index (χ0) is 28.6. The molecule has 0 aliphatic carbocycles. The Bertz CT molecular complexity index is 929. The van der Waals surface area contributed by atoms with E-state index in [0.717, 1.165) is 12.0 Å². The molecule has 208 valence electrons. The minimum absolute atomic E-state index is 0.0705. The van der Waals surface area contributed by atoms with Gasteiger partial charge in [-0.1, -0.05) is 45.0 Å². The van der Waals surface area contributed by atoms with Crippen LogP contribution in [-0.2, 0) is 30.3 Å². The zero-order valence-electron chi connectivity index (χ0n) is 24.1. The lowest BCUT2D eigenvalue weighted by atomic mass is 9.93. The highest BCUT2D eigenvalue weighted by atomic mass is 16.6. The Morgan fingerprint density at radius 3 is 1.97 bits per heavy atom. The molecule has 0 fully saturated rings. The summed E-state index contributed by atoms with van der Waals surface area (Å²) in [5, 5.41) is 5.32. The highest BCUT2D eigenvalue weighted by Gasteiger charge is 2.42. The molecule has 0 saturated heterocycles. The number of hydrogen-bond acceptors (Lipinski definition) is 6. The normalized spacial score (nSPS) is 13.4. The third-order valence-electron chi connectivity index (χ3n) is 5.50. The lowest BCUT2D eigenvalue weighted by molar-refractivity contribution is -0.149. The van der Waals surface area contributed by atoms with Crippen LogP contribution >= 0.6 is 0 Å². The van der Waals surface area contributed by atoms with Gasteiger partial charge in [0.2, 0.25) is 11.8 Å². The van der Waals surface area contributed by atoms with Gasteiger partial charge in [-0.05, 0) is 71.4 Å². The van der Waals surface area contributed by atoms with Gasteiger partial charge in [-0.25, -0.2) is 4.79 Å². The molecule has 9 nitrogen and oxygen atoms in total. The monoisotopic (exact) mass is 519 g/mol. The predicted molar refractivity (Wildman–Crippen MR) is 143 cm³/mol. The molecule has 2 atom stereocenters. The molecule has 0 aliphatic heterocycles. The van der Waals surface area contributed by atoms with E-state index in [0.29, 0.717) is 12.0 Å². The molecule has 37 heavy (non-hydrogen) atoms. The van der Waals surface area contributed by atoms with Crippen LogP contribution in [-0.4, -0.2) is 59.6 Å². The van der Waals surface area contributed by atoms with E-state index in [-0.39, 0.29) is 12.5 Å². The highest BCUT2D eigenvalue weighted by molar-refractivity contribution is 5.93. The molecular formula is C28H45N3O6. The van der Waals surface area contributed by atoms with Crippen LogP contribution in [0.3, 0.4) is 0 Å². The molecule has 9 heteroatoms. The van der Waals surface area contributed by atoms with Crippen molar-refractivity contribution in [3.63, 3.8) is 0 Å². The maximum atomic E-state index is 14.1. The molecule has 2 N–H and O–H groups in total. The van der Waals surface area contributed by atoms with Crippen molar-refractivity contribution in [1.82, 2.24) is 15.5 Å². The van der Waals surface area contributed by atoms with Crippen LogP contribution in [0.5, 0.6) is 0 Å². The number of nitrogens with one attached hydrogen (secondary N) is 2. The van der Waals surface area contributed by atoms with Gasteiger partial charge in [0.15, 0.2) is 0 Å². The maximum Gasteiger partial charge on any atom is 0.408 e. The van der Waals surface area contributed by atoms with Crippen molar-refractivity contribution in [3.05, 3.63) is 35.4 Å². The van der Waals surface area contributed by atoms with E-state index in [1.807, 2.05) is 65.8 Å². The maximum absolute atomic E-state index is 14.1. The fourth-order valence-electron chi connectivity index (χ4n) is 3.84. The fraction of sp³-hybridized carbons (Fsp3) is 0.643. The van der Waals surface area contributed by atoms with E-state index in [1.54, 1.807) is 20.8 Å². The number of carbonyl (C=O) groups is 4. The number of amides is 3. The molecule has 3 amide bonds. The topological polar surface area (TPSA) is 114 Å². The van der Waals surface area contributed by atoms with Crippen molar-refractivity contribution in [3.8, 4) is 0 Å². The van der Waals surface area contributed by atoms with E-state index in [2.05, 4.69) is 15.4 Å². The van der Waals surface area contributed by atoms with Crippen molar-refractivity contribution in [2.75, 3.05) is 13.7 Å². The number of methoxy groups -OCH3 is 1. The van der Waals surface area contributed by atoms with Crippen LogP contribution in [0.2, 0.25) is 0 Å². The second-order valence-corrected chi connectivity index (χ2v) is 11.5. The van der Waals surface area contributed by atoms with Crippen LogP contribution in [0.15, 0.2) is 24.3 Å². The first kappa shape index (κ1) is 31.9. The van der Waals surface area contributed by atoms with E-state index in [9.17, 15) is 19.2 Å². The Hall–Kier alpha value is -3.10. The van der Waals surface area contributed by atoms with Gasteiger partial charge in [-0.2, -0.15) is 0 Å². The summed E-state index contributed by atoms with van der Waals surface area (Å²) in [5.41, 5.74) is 0.105. The smallest absolute Gasteiger partial charge is 0.408 e. The van der Waals surface area contributed by atoms with Gasteiger partial charge in [-0.3, -0.25) is 14.4 Å². The number of rotatable bonds is 10. The Kier molecular flexibility index (Phi) is 11.6. The summed E-state index contributed by atoms with van der Waals surface area (Å²) in [6, 6.07) is 5.45. The molecule has 2 unspecified atom stereocenters. The van der Waals surface area contributed by atoms with Gasteiger partial charge >= 0.3 is 12.1 Å². The minimum Gasteiger partial charge on any atom is -0.468 e. The quantitative estimate of drug-likeness (QED) is 0.449. The molecular weight excluding hydrogens is 474 g/mol. The first-order valence-electron chi connectivity index (χ1n) is 12.8. The Balaban J connectivity index is 3.56. The molecule has 0 bridgehead atoms. The third-order valence-corrected chi connectivity index (χ3v) is 5.50. The van der Waals surface area contributed by atoms with E-state index in [4.69, 9.17) is 4.74 Å². The molecule has 1 rings (SSSR count). The Morgan fingerprint density at radius 1 is 0.973 bits per heavy atom. The number of carbonyl (C=O) groups excluding carboxylic acids is 4. The van der Waals surface area contributed by atoms with Gasteiger partial charge in [-0.15, -0.1) is 0 Å². The average molecular weight is 520 g/mol. The number of esters is 1. The summed E-state index contributed by atoms with van der Waals surface area (Å²) in [4.78, 5) is 53.6. The summed E-state index contributed by atoms with van der Waals surface area (Å²) in [6.07, 6.45) is 0.451. The summed E-state index contributed by atoms with van der Waals surface area (Å²) >= 11 is 0. The number of aryl methyl sites for hydroxylation is 1. The summed E-state index contributed by atoms with van der Waals surface area (Å²) in [7, 11) is 1.24. The van der Waals surface area contributed by atoms with E-state index in [1.165, 1.54) is 12.0 Å². The number of benzene rings is 1. The molecule has 0 aliphatic rings. The lowest BCUT2D eigenvalue weighted by Gasteiger charge is -2.43. The van der Waals surface area contributed by atoms with Crippen LogP contribution in [0.1, 0.15) is 85.9 Å². The number of ether oxygens (including phenoxy) is 2. The van der Waals surface area contributed by atoms with Crippen molar-refractivity contribution in [2.24, 2.45) is 5.92 Å². The summed E-state index contributed by atoms with van der Waals surface area (Å²) in [6.45, 7) is 16.3. The zero-order valence-corrected chi connectivity index (χ0v) is 24.1. The lowest BCUT2D eigenvalue weighted by Crippen LogP contribution is -2.59. The van der Waals surface area contributed by atoms with Gasteiger partial charge in [0, 0.05) is 5.54 Å². The molecule has 0 radical (unpaired) electrons. The molecule has 1 aromatic rings. The molecule has 0 heterocycles. The molecule has 1 aromatic carbocycles. The first-order valence-corrected chi connectivity index (χ1v) is 12.8.